The number of methoxy groups -OCH3 is 1. The van der Waals surface area contributed by atoms with Crippen molar-refractivity contribution < 1.29 is 13.9 Å². The zero-order valence-electron chi connectivity index (χ0n) is 12.6. The fourth-order valence-corrected chi connectivity index (χ4v) is 2.68. The van der Waals surface area contributed by atoms with Crippen molar-refractivity contribution in [2.24, 2.45) is 0 Å². The molecule has 2 unspecified atom stereocenters. The van der Waals surface area contributed by atoms with Crippen LogP contribution in [-0.2, 0) is 9.53 Å². The van der Waals surface area contributed by atoms with Crippen LogP contribution in [0.15, 0.2) is 24.3 Å². The minimum Gasteiger partial charge on any atom is -0.383 e. The molecule has 1 N–H and O–H groups in total. The van der Waals surface area contributed by atoms with Crippen molar-refractivity contribution in [1.29, 1.82) is 0 Å². The van der Waals surface area contributed by atoms with E-state index >= 15 is 0 Å². The maximum absolute atomic E-state index is 14.0. The van der Waals surface area contributed by atoms with Gasteiger partial charge in [0, 0.05) is 19.2 Å². The van der Waals surface area contributed by atoms with Gasteiger partial charge in [0.15, 0.2) is 0 Å². The molecule has 1 saturated heterocycles. The van der Waals surface area contributed by atoms with E-state index < -0.39 is 6.17 Å². The van der Waals surface area contributed by atoms with E-state index in [1.807, 2.05) is 0 Å². The van der Waals surface area contributed by atoms with Gasteiger partial charge in [0.05, 0.1) is 12.6 Å². The van der Waals surface area contributed by atoms with Gasteiger partial charge in [0.25, 0.3) is 0 Å². The minimum absolute atomic E-state index is 0.0359. The number of hydrogen-bond acceptors (Lipinski definition) is 3. The van der Waals surface area contributed by atoms with Gasteiger partial charge in [0.2, 0.25) is 5.91 Å². The largest absolute Gasteiger partial charge is 0.383 e. The second-order valence-electron chi connectivity index (χ2n) is 5.31. The first-order valence-electron chi connectivity index (χ1n) is 7.49. The van der Waals surface area contributed by atoms with Crippen LogP contribution >= 0.6 is 0 Å². The second-order valence-corrected chi connectivity index (χ2v) is 5.31. The van der Waals surface area contributed by atoms with Crippen LogP contribution in [0.1, 0.15) is 37.9 Å². The second kappa shape index (κ2) is 7.52. The summed E-state index contributed by atoms with van der Waals surface area (Å²) in [6.45, 7) is 3.00. The predicted molar refractivity (Wildman–Crippen MR) is 79.2 cm³/mol. The number of hydrogen-bond donors (Lipinski definition) is 1. The average Bonchev–Trinajstić information content (AvgIpc) is 2.80. The summed E-state index contributed by atoms with van der Waals surface area (Å²) in [6, 6.07) is 6.37. The van der Waals surface area contributed by atoms with E-state index in [1.165, 1.54) is 6.07 Å². The number of carbonyl (C=O) groups is 1. The Bertz CT molecular complexity index is 481. The summed E-state index contributed by atoms with van der Waals surface area (Å²) < 4.78 is 19.1. The van der Waals surface area contributed by atoms with Gasteiger partial charge in [-0.25, -0.2) is 4.39 Å². The van der Waals surface area contributed by atoms with Crippen molar-refractivity contribution >= 4 is 5.91 Å². The minimum atomic E-state index is -0.407. The molecule has 1 aromatic carbocycles. The summed E-state index contributed by atoms with van der Waals surface area (Å²) in [5, 5.41) is 3.27. The number of nitrogens with one attached hydrogen (secondary N) is 1. The molecule has 1 heterocycles. The van der Waals surface area contributed by atoms with Gasteiger partial charge >= 0.3 is 0 Å². The summed E-state index contributed by atoms with van der Waals surface area (Å²) in [4.78, 5) is 14.2. The molecule has 4 nitrogen and oxygen atoms in total. The Balaban J connectivity index is 2.20. The zero-order valence-corrected chi connectivity index (χ0v) is 12.6. The Hall–Kier alpha value is -1.46. The SMILES string of the molecule is CCCCC1NC(c2ccccc2F)N(CCOC)C1=O. The molecule has 2 rings (SSSR count). The van der Waals surface area contributed by atoms with Gasteiger partial charge in [-0.2, -0.15) is 0 Å². The van der Waals surface area contributed by atoms with E-state index in [9.17, 15) is 9.18 Å². The number of unbranched alkanes of at least 4 members (excludes halogenated alkanes) is 1. The molecule has 1 fully saturated rings. The van der Waals surface area contributed by atoms with E-state index in [0.29, 0.717) is 18.7 Å². The number of carbonyl (C=O) groups excluding carboxylic acids is 1. The lowest BCUT2D eigenvalue weighted by molar-refractivity contribution is -0.130. The van der Waals surface area contributed by atoms with Crippen LogP contribution in [0.25, 0.3) is 0 Å². The molecule has 0 aromatic heterocycles. The van der Waals surface area contributed by atoms with Crippen molar-refractivity contribution in [3.63, 3.8) is 0 Å². The topological polar surface area (TPSA) is 41.6 Å². The number of nitrogens with zero attached hydrogens (tertiary/aromatic N) is 1. The summed E-state index contributed by atoms with van der Waals surface area (Å²) in [7, 11) is 1.60. The maximum atomic E-state index is 14.0. The third kappa shape index (κ3) is 3.60. The fourth-order valence-electron chi connectivity index (χ4n) is 2.68. The molecule has 1 aliphatic heterocycles. The highest BCUT2D eigenvalue weighted by atomic mass is 19.1. The molecular formula is C16H23FN2O2. The van der Waals surface area contributed by atoms with Crippen molar-refractivity contribution in [3.05, 3.63) is 35.6 Å². The summed E-state index contributed by atoms with van der Waals surface area (Å²) in [5.74, 6) is -0.255. The van der Waals surface area contributed by atoms with E-state index in [-0.39, 0.29) is 17.8 Å². The van der Waals surface area contributed by atoms with Gasteiger partial charge in [0.1, 0.15) is 12.0 Å². The third-order valence-corrected chi connectivity index (χ3v) is 3.83. The van der Waals surface area contributed by atoms with Crippen LogP contribution in [0.4, 0.5) is 4.39 Å². The van der Waals surface area contributed by atoms with Gasteiger partial charge in [-0.1, -0.05) is 38.0 Å². The van der Waals surface area contributed by atoms with Crippen molar-refractivity contribution in [2.45, 2.75) is 38.4 Å². The van der Waals surface area contributed by atoms with E-state index in [4.69, 9.17) is 4.74 Å². The smallest absolute Gasteiger partial charge is 0.241 e. The molecule has 2 atom stereocenters. The van der Waals surface area contributed by atoms with Gasteiger partial charge in [-0.3, -0.25) is 10.1 Å². The molecular weight excluding hydrogens is 271 g/mol. The van der Waals surface area contributed by atoms with Gasteiger partial charge in [-0.05, 0) is 12.5 Å². The average molecular weight is 294 g/mol. The zero-order chi connectivity index (χ0) is 15.2. The van der Waals surface area contributed by atoms with Crippen LogP contribution in [0, 0.1) is 5.82 Å². The number of amides is 1. The monoisotopic (exact) mass is 294 g/mol. The molecule has 0 saturated carbocycles. The van der Waals surface area contributed by atoms with Crippen molar-refractivity contribution in [2.75, 3.05) is 20.3 Å². The van der Waals surface area contributed by atoms with Crippen LogP contribution in [-0.4, -0.2) is 37.1 Å². The Morgan fingerprint density at radius 1 is 1.38 bits per heavy atom. The predicted octanol–water partition coefficient (Wildman–Crippen LogP) is 2.46. The Morgan fingerprint density at radius 2 is 2.14 bits per heavy atom. The fraction of sp³-hybridized carbons (Fsp3) is 0.562. The highest BCUT2D eigenvalue weighted by Crippen LogP contribution is 2.28. The first kappa shape index (κ1) is 15.9. The molecule has 0 bridgehead atoms. The number of rotatable bonds is 7. The van der Waals surface area contributed by atoms with E-state index in [0.717, 1.165) is 19.3 Å². The lowest BCUT2D eigenvalue weighted by atomic mass is 10.1. The first-order chi connectivity index (χ1) is 10.2. The highest BCUT2D eigenvalue weighted by molar-refractivity contribution is 5.84. The summed E-state index contributed by atoms with van der Waals surface area (Å²) >= 11 is 0. The standard InChI is InChI=1S/C16H23FN2O2/c1-3-4-9-14-16(20)19(10-11-21-2)15(18-14)12-7-5-6-8-13(12)17/h5-8,14-15,18H,3-4,9-11H2,1-2H3. The molecule has 116 valence electrons. The molecule has 1 aromatic rings. The van der Waals surface area contributed by atoms with Crippen LogP contribution < -0.4 is 5.32 Å². The summed E-state index contributed by atoms with van der Waals surface area (Å²) in [5.41, 5.74) is 0.515. The highest BCUT2D eigenvalue weighted by Gasteiger charge is 2.39. The lowest BCUT2D eigenvalue weighted by Crippen LogP contribution is -2.34. The Labute approximate surface area is 125 Å². The molecule has 21 heavy (non-hydrogen) atoms. The van der Waals surface area contributed by atoms with Crippen LogP contribution in [0.5, 0.6) is 0 Å². The quantitative estimate of drug-likeness (QED) is 0.840. The Kier molecular flexibility index (Phi) is 5.70. The third-order valence-electron chi connectivity index (χ3n) is 3.83. The molecule has 0 spiro atoms. The van der Waals surface area contributed by atoms with Gasteiger partial charge in [-0.15, -0.1) is 0 Å². The molecule has 0 aliphatic carbocycles. The van der Waals surface area contributed by atoms with Crippen molar-refractivity contribution in [1.82, 2.24) is 10.2 Å². The number of benzene rings is 1. The van der Waals surface area contributed by atoms with Crippen LogP contribution in [0.2, 0.25) is 0 Å². The summed E-state index contributed by atoms with van der Waals surface area (Å²) in [6.07, 6.45) is 2.39. The molecule has 5 heteroatoms. The molecule has 1 amide bonds. The molecule has 1 aliphatic rings. The first-order valence-corrected chi connectivity index (χ1v) is 7.49. The Morgan fingerprint density at radius 3 is 2.81 bits per heavy atom. The van der Waals surface area contributed by atoms with Crippen molar-refractivity contribution in [3.8, 4) is 0 Å². The molecule has 0 radical (unpaired) electrons. The number of ether oxygens (including phenoxy) is 1. The maximum Gasteiger partial charge on any atom is 0.241 e. The van der Waals surface area contributed by atoms with E-state index in [2.05, 4.69) is 12.2 Å². The van der Waals surface area contributed by atoms with Crippen LogP contribution in [0.3, 0.4) is 0 Å². The van der Waals surface area contributed by atoms with E-state index in [1.54, 1.807) is 30.2 Å². The normalized spacial score (nSPS) is 22.0. The number of halogens is 1. The van der Waals surface area contributed by atoms with Gasteiger partial charge < -0.3 is 9.64 Å². The lowest BCUT2D eigenvalue weighted by Gasteiger charge is -2.24.